The van der Waals surface area contributed by atoms with E-state index in [1.807, 2.05) is 18.2 Å². The van der Waals surface area contributed by atoms with Gasteiger partial charge in [0.15, 0.2) is 5.82 Å². The average Bonchev–Trinajstić information content (AvgIpc) is 3.57. The van der Waals surface area contributed by atoms with Gasteiger partial charge in [0.2, 0.25) is 0 Å². The number of ether oxygens (including phenoxy) is 1. The predicted molar refractivity (Wildman–Crippen MR) is 119 cm³/mol. The number of pyridine rings is 1. The summed E-state index contributed by atoms with van der Waals surface area (Å²) in [6.07, 6.45) is 4.46. The molecule has 7 nitrogen and oxygen atoms in total. The average molecular weight is 435 g/mol. The van der Waals surface area contributed by atoms with E-state index in [-0.39, 0.29) is 5.56 Å². The number of hydrogen-bond donors (Lipinski definition) is 2. The molecule has 0 bridgehead atoms. The molecule has 0 radical (unpaired) electrons. The minimum absolute atomic E-state index is 0.200. The number of halogens is 1. The first-order valence-electron chi connectivity index (χ1n) is 9.93. The second-order valence-corrected chi connectivity index (χ2v) is 8.02. The van der Waals surface area contributed by atoms with Crippen LogP contribution in [-0.4, -0.2) is 39.2 Å². The van der Waals surface area contributed by atoms with Crippen LogP contribution < -0.4 is 10.1 Å². The lowest BCUT2D eigenvalue weighted by atomic mass is 10.1. The maximum absolute atomic E-state index is 11.4. The highest BCUT2D eigenvalue weighted by Gasteiger charge is 2.23. The summed E-state index contributed by atoms with van der Waals surface area (Å²) in [6.45, 7) is 0. The number of fused-ring (bicyclic) bond motifs is 3. The smallest absolute Gasteiger partial charge is 0.335 e. The molecule has 2 aromatic heterocycles. The largest absolute Gasteiger partial charge is 0.495 e. The molecule has 156 valence electrons. The fourth-order valence-electron chi connectivity index (χ4n) is 3.56. The fraction of sp³-hybridized carbons (Fsp3) is 0.217. The Kier molecular flexibility index (Phi) is 4.82. The van der Waals surface area contributed by atoms with Crippen LogP contribution in [0.4, 0.5) is 5.82 Å². The van der Waals surface area contributed by atoms with Crippen LogP contribution in [0.1, 0.15) is 34.6 Å². The lowest BCUT2D eigenvalue weighted by Gasteiger charge is -2.12. The summed E-state index contributed by atoms with van der Waals surface area (Å²) >= 11 is 6.25. The number of aromatic nitrogens is 3. The van der Waals surface area contributed by atoms with Crippen molar-refractivity contribution >= 4 is 45.2 Å². The molecule has 1 aliphatic carbocycles. The standard InChI is InChI=1S/C23H19ClN4O3/c1-31-19-7-2-12(8-17(19)24)9-20-25-11-16-15-6-3-13(23(29)30)10-18(15)27-22(21(16)28-20)26-14-4-5-14/h2-3,6-8,10-11,14H,4-5,9H2,1H3,(H,26,27)(H,29,30). The predicted octanol–water partition coefficient (Wildman–Crippen LogP) is 4.70. The summed E-state index contributed by atoms with van der Waals surface area (Å²) in [4.78, 5) is 25.5. The van der Waals surface area contributed by atoms with Gasteiger partial charge in [-0.3, -0.25) is 0 Å². The Labute approximate surface area is 183 Å². The lowest BCUT2D eigenvalue weighted by molar-refractivity contribution is 0.0697. The lowest BCUT2D eigenvalue weighted by Crippen LogP contribution is -2.07. The Bertz CT molecular complexity index is 1340. The fourth-order valence-corrected chi connectivity index (χ4v) is 3.84. The number of anilines is 1. The molecule has 1 aliphatic rings. The Morgan fingerprint density at radius 2 is 2.03 bits per heavy atom. The zero-order valence-corrected chi connectivity index (χ0v) is 17.5. The first kappa shape index (κ1) is 19.5. The highest BCUT2D eigenvalue weighted by Crippen LogP contribution is 2.32. The Balaban J connectivity index is 1.60. The molecule has 0 spiro atoms. The molecule has 2 N–H and O–H groups in total. The third kappa shape index (κ3) is 3.84. The van der Waals surface area contributed by atoms with Gasteiger partial charge in [0, 0.05) is 29.4 Å². The van der Waals surface area contributed by atoms with Gasteiger partial charge in [-0.1, -0.05) is 23.7 Å². The minimum Gasteiger partial charge on any atom is -0.495 e. The first-order chi connectivity index (χ1) is 15.0. The molecule has 0 atom stereocenters. The summed E-state index contributed by atoms with van der Waals surface area (Å²) in [5.74, 6) is 0.947. The van der Waals surface area contributed by atoms with Gasteiger partial charge in [-0.05, 0) is 42.7 Å². The van der Waals surface area contributed by atoms with Crippen molar-refractivity contribution in [3.63, 3.8) is 0 Å². The summed E-state index contributed by atoms with van der Waals surface area (Å²) in [5.41, 5.74) is 2.51. The van der Waals surface area contributed by atoms with E-state index in [9.17, 15) is 9.90 Å². The van der Waals surface area contributed by atoms with E-state index in [2.05, 4.69) is 10.3 Å². The van der Waals surface area contributed by atoms with Crippen LogP contribution >= 0.6 is 11.6 Å². The van der Waals surface area contributed by atoms with E-state index in [0.29, 0.717) is 40.4 Å². The van der Waals surface area contributed by atoms with Crippen molar-refractivity contribution in [1.82, 2.24) is 15.0 Å². The van der Waals surface area contributed by atoms with Crippen LogP contribution in [0.2, 0.25) is 5.02 Å². The Morgan fingerprint density at radius 3 is 2.74 bits per heavy atom. The minimum atomic E-state index is -0.981. The first-order valence-corrected chi connectivity index (χ1v) is 10.3. The molecule has 4 aromatic rings. The highest BCUT2D eigenvalue weighted by atomic mass is 35.5. The summed E-state index contributed by atoms with van der Waals surface area (Å²) in [5, 5.41) is 14.9. The number of aromatic carboxylic acids is 1. The van der Waals surface area contributed by atoms with Crippen LogP contribution in [-0.2, 0) is 6.42 Å². The zero-order valence-electron chi connectivity index (χ0n) is 16.7. The monoisotopic (exact) mass is 434 g/mol. The molecule has 0 unspecified atom stereocenters. The van der Waals surface area contributed by atoms with Crippen LogP contribution in [0.15, 0.2) is 42.6 Å². The molecule has 0 amide bonds. The normalized spacial score (nSPS) is 13.5. The Hall–Kier alpha value is -3.45. The van der Waals surface area contributed by atoms with Gasteiger partial charge in [0.25, 0.3) is 0 Å². The zero-order chi connectivity index (χ0) is 21.5. The summed E-state index contributed by atoms with van der Waals surface area (Å²) in [6, 6.07) is 10.9. The number of nitrogens with one attached hydrogen (secondary N) is 1. The summed E-state index contributed by atoms with van der Waals surface area (Å²) in [7, 11) is 1.58. The number of hydrogen-bond acceptors (Lipinski definition) is 6. The van der Waals surface area contributed by atoms with Crippen LogP contribution in [0, 0.1) is 0 Å². The van der Waals surface area contributed by atoms with Crippen molar-refractivity contribution in [2.75, 3.05) is 12.4 Å². The van der Waals surface area contributed by atoms with Crippen LogP contribution in [0.5, 0.6) is 5.75 Å². The van der Waals surface area contributed by atoms with Gasteiger partial charge in [-0.25, -0.2) is 19.7 Å². The van der Waals surface area contributed by atoms with Gasteiger partial charge in [0.05, 0.1) is 23.2 Å². The van der Waals surface area contributed by atoms with Crippen molar-refractivity contribution in [3.8, 4) is 5.75 Å². The maximum atomic E-state index is 11.4. The van der Waals surface area contributed by atoms with Gasteiger partial charge < -0.3 is 15.2 Å². The van der Waals surface area contributed by atoms with Crippen LogP contribution in [0.3, 0.4) is 0 Å². The number of rotatable bonds is 6. The van der Waals surface area contributed by atoms with Crippen molar-refractivity contribution in [2.24, 2.45) is 0 Å². The highest BCUT2D eigenvalue weighted by molar-refractivity contribution is 6.32. The molecule has 2 heterocycles. The van der Waals surface area contributed by atoms with E-state index < -0.39 is 5.97 Å². The number of carboxylic acids is 1. The van der Waals surface area contributed by atoms with Crippen molar-refractivity contribution in [1.29, 1.82) is 0 Å². The second kappa shape index (κ2) is 7.67. The van der Waals surface area contributed by atoms with E-state index in [0.717, 1.165) is 34.7 Å². The second-order valence-electron chi connectivity index (χ2n) is 7.61. The van der Waals surface area contributed by atoms with Gasteiger partial charge in [-0.15, -0.1) is 0 Å². The molecule has 5 rings (SSSR count). The van der Waals surface area contributed by atoms with E-state index >= 15 is 0 Å². The number of benzene rings is 2. The quantitative estimate of drug-likeness (QED) is 0.424. The number of nitrogens with zero attached hydrogens (tertiary/aromatic N) is 3. The molecule has 1 saturated carbocycles. The molecule has 31 heavy (non-hydrogen) atoms. The van der Waals surface area contributed by atoms with E-state index in [4.69, 9.17) is 26.3 Å². The van der Waals surface area contributed by atoms with Gasteiger partial charge >= 0.3 is 5.97 Å². The molecular weight excluding hydrogens is 416 g/mol. The molecule has 1 fully saturated rings. The third-order valence-electron chi connectivity index (χ3n) is 5.33. The van der Waals surface area contributed by atoms with Gasteiger partial charge in [-0.2, -0.15) is 0 Å². The number of carboxylic acid groups (broad SMARTS) is 1. The number of carbonyl (C=O) groups is 1. The SMILES string of the molecule is COc1ccc(Cc2ncc3c(n2)c(NC2CC2)nc2cc(C(=O)O)ccc23)cc1Cl. The van der Waals surface area contributed by atoms with Crippen molar-refractivity contribution in [3.05, 3.63) is 64.6 Å². The molecule has 2 aromatic carbocycles. The topological polar surface area (TPSA) is 97.2 Å². The number of methoxy groups -OCH3 is 1. The van der Waals surface area contributed by atoms with Gasteiger partial charge in [0.1, 0.15) is 17.1 Å². The van der Waals surface area contributed by atoms with Crippen LogP contribution in [0.25, 0.3) is 21.8 Å². The van der Waals surface area contributed by atoms with E-state index in [1.54, 1.807) is 31.5 Å². The maximum Gasteiger partial charge on any atom is 0.335 e. The van der Waals surface area contributed by atoms with Crippen molar-refractivity contribution in [2.45, 2.75) is 25.3 Å². The third-order valence-corrected chi connectivity index (χ3v) is 5.62. The molecule has 0 aliphatic heterocycles. The molecule has 0 saturated heterocycles. The Morgan fingerprint density at radius 1 is 1.19 bits per heavy atom. The molecular formula is C23H19ClN4O3. The van der Waals surface area contributed by atoms with Crippen molar-refractivity contribution < 1.29 is 14.6 Å². The summed E-state index contributed by atoms with van der Waals surface area (Å²) < 4.78 is 5.21. The molecule has 8 heteroatoms. The van der Waals surface area contributed by atoms with E-state index in [1.165, 1.54) is 0 Å².